The number of ether oxygens (including phenoxy) is 1. The molecule has 1 aliphatic heterocycles. The van der Waals surface area contributed by atoms with Gasteiger partial charge >= 0.3 is 5.97 Å². The average molecular weight is 365 g/mol. The number of para-hydroxylation sites is 1. The molecule has 0 radical (unpaired) electrons. The zero-order valence-electron chi connectivity index (χ0n) is 15.6. The second-order valence-electron chi connectivity index (χ2n) is 6.94. The Labute approximate surface area is 158 Å². The van der Waals surface area contributed by atoms with Gasteiger partial charge in [-0.1, -0.05) is 50.2 Å². The first-order valence-electron chi connectivity index (χ1n) is 9.17. The van der Waals surface area contributed by atoms with Crippen LogP contribution >= 0.6 is 0 Å². The van der Waals surface area contributed by atoms with Crippen molar-refractivity contribution in [3.05, 3.63) is 65.2 Å². The third-order valence-electron chi connectivity index (χ3n) is 4.72. The summed E-state index contributed by atoms with van der Waals surface area (Å²) in [6.07, 6.45) is 1.25. The first kappa shape index (κ1) is 18.8. The van der Waals surface area contributed by atoms with E-state index in [4.69, 9.17) is 4.74 Å². The van der Waals surface area contributed by atoms with Crippen molar-refractivity contribution < 1.29 is 19.1 Å². The number of hydrogen-bond acceptors (Lipinski definition) is 4. The van der Waals surface area contributed by atoms with Crippen molar-refractivity contribution in [3.63, 3.8) is 0 Å². The van der Waals surface area contributed by atoms with Gasteiger partial charge in [-0.15, -0.1) is 0 Å². The van der Waals surface area contributed by atoms with Gasteiger partial charge < -0.3 is 9.64 Å². The summed E-state index contributed by atoms with van der Waals surface area (Å²) in [5.74, 6) is -0.473. The van der Waals surface area contributed by atoms with E-state index in [-0.39, 0.29) is 18.3 Å². The van der Waals surface area contributed by atoms with Crippen LogP contribution in [0.1, 0.15) is 58.9 Å². The highest BCUT2D eigenvalue weighted by Gasteiger charge is 2.26. The van der Waals surface area contributed by atoms with Crippen LogP contribution in [0.15, 0.2) is 48.5 Å². The van der Waals surface area contributed by atoms with Crippen molar-refractivity contribution >= 4 is 23.3 Å². The maximum atomic E-state index is 12.5. The van der Waals surface area contributed by atoms with Gasteiger partial charge in [0.25, 0.3) is 0 Å². The van der Waals surface area contributed by atoms with Crippen molar-refractivity contribution in [2.45, 2.75) is 32.6 Å². The molecule has 27 heavy (non-hydrogen) atoms. The highest BCUT2D eigenvalue weighted by molar-refractivity contribution is 6.04. The summed E-state index contributed by atoms with van der Waals surface area (Å²) in [5.41, 5.74) is 2.50. The number of esters is 1. The van der Waals surface area contributed by atoms with Crippen molar-refractivity contribution in [2.75, 3.05) is 18.1 Å². The SMILES string of the molecule is CC(C)c1ccc(C(=O)COC(=O)c2ccccc2N2CCCC2=O)cc1. The van der Waals surface area contributed by atoms with E-state index in [1.807, 2.05) is 12.1 Å². The summed E-state index contributed by atoms with van der Waals surface area (Å²) < 4.78 is 5.23. The fraction of sp³-hybridized carbons (Fsp3) is 0.318. The Kier molecular flexibility index (Phi) is 5.69. The summed E-state index contributed by atoms with van der Waals surface area (Å²) in [5, 5.41) is 0. The number of hydrogen-bond donors (Lipinski definition) is 0. The fourth-order valence-corrected chi connectivity index (χ4v) is 3.13. The van der Waals surface area contributed by atoms with Crippen molar-refractivity contribution in [1.29, 1.82) is 0 Å². The van der Waals surface area contributed by atoms with Crippen LogP contribution in [0, 0.1) is 0 Å². The number of rotatable bonds is 6. The van der Waals surface area contributed by atoms with E-state index >= 15 is 0 Å². The van der Waals surface area contributed by atoms with Gasteiger partial charge in [-0.2, -0.15) is 0 Å². The second kappa shape index (κ2) is 8.16. The number of carbonyl (C=O) groups excluding carboxylic acids is 3. The molecule has 5 nitrogen and oxygen atoms in total. The molecule has 1 heterocycles. The first-order valence-corrected chi connectivity index (χ1v) is 9.17. The van der Waals surface area contributed by atoms with Crippen LogP contribution in [0.4, 0.5) is 5.69 Å². The summed E-state index contributed by atoms with van der Waals surface area (Å²) in [7, 11) is 0. The quantitative estimate of drug-likeness (QED) is 0.574. The highest BCUT2D eigenvalue weighted by Crippen LogP contribution is 2.26. The van der Waals surface area contributed by atoms with Gasteiger partial charge in [0, 0.05) is 18.5 Å². The van der Waals surface area contributed by atoms with Crippen molar-refractivity contribution in [2.24, 2.45) is 0 Å². The van der Waals surface area contributed by atoms with E-state index in [0.717, 1.165) is 12.0 Å². The van der Waals surface area contributed by atoms with E-state index in [0.29, 0.717) is 35.7 Å². The summed E-state index contributed by atoms with van der Waals surface area (Å²) in [6, 6.07) is 14.2. The molecular formula is C22H23NO4. The number of ketones is 1. The summed E-state index contributed by atoms with van der Waals surface area (Å²) in [4.78, 5) is 38.4. The molecule has 2 aromatic carbocycles. The van der Waals surface area contributed by atoms with Crippen LogP contribution in [-0.4, -0.2) is 30.8 Å². The smallest absolute Gasteiger partial charge is 0.340 e. The average Bonchev–Trinajstić information content (AvgIpc) is 3.11. The molecule has 0 bridgehead atoms. The molecular weight excluding hydrogens is 342 g/mol. The Morgan fingerprint density at radius 1 is 1.07 bits per heavy atom. The van der Waals surface area contributed by atoms with Crippen LogP contribution in [0.2, 0.25) is 0 Å². The second-order valence-corrected chi connectivity index (χ2v) is 6.94. The number of anilines is 1. The van der Waals surface area contributed by atoms with Crippen LogP contribution in [-0.2, 0) is 9.53 Å². The molecule has 140 valence electrons. The van der Waals surface area contributed by atoms with Gasteiger partial charge in [0.05, 0.1) is 11.3 Å². The molecule has 1 saturated heterocycles. The van der Waals surface area contributed by atoms with Gasteiger partial charge in [-0.3, -0.25) is 9.59 Å². The van der Waals surface area contributed by atoms with E-state index in [2.05, 4.69) is 13.8 Å². The summed E-state index contributed by atoms with van der Waals surface area (Å²) >= 11 is 0. The Morgan fingerprint density at radius 3 is 2.41 bits per heavy atom. The molecule has 0 aromatic heterocycles. The highest BCUT2D eigenvalue weighted by atomic mass is 16.5. The standard InChI is InChI=1S/C22H23NO4/c1-15(2)16-9-11-17(12-10-16)20(24)14-27-22(26)18-6-3-4-7-19(18)23-13-5-8-21(23)25/h3-4,6-7,9-12,15H,5,8,13-14H2,1-2H3. The molecule has 1 aliphatic rings. The molecule has 1 amide bonds. The van der Waals surface area contributed by atoms with Crippen molar-refractivity contribution in [3.8, 4) is 0 Å². The Hall–Kier alpha value is -2.95. The summed E-state index contributed by atoms with van der Waals surface area (Å²) in [6.45, 7) is 4.43. The van der Waals surface area contributed by atoms with E-state index < -0.39 is 5.97 Å². The molecule has 5 heteroatoms. The fourth-order valence-electron chi connectivity index (χ4n) is 3.13. The zero-order valence-corrected chi connectivity index (χ0v) is 15.6. The van der Waals surface area contributed by atoms with Crippen LogP contribution in [0.25, 0.3) is 0 Å². The van der Waals surface area contributed by atoms with Gasteiger partial charge in [0.2, 0.25) is 5.91 Å². The third-order valence-corrected chi connectivity index (χ3v) is 4.72. The molecule has 0 aliphatic carbocycles. The van der Waals surface area contributed by atoms with Gasteiger partial charge in [0.15, 0.2) is 12.4 Å². The molecule has 2 aromatic rings. The maximum absolute atomic E-state index is 12.5. The number of carbonyl (C=O) groups is 3. The maximum Gasteiger partial charge on any atom is 0.340 e. The van der Waals surface area contributed by atoms with E-state index in [9.17, 15) is 14.4 Å². The first-order chi connectivity index (χ1) is 13.0. The predicted molar refractivity (Wildman–Crippen MR) is 103 cm³/mol. The Balaban J connectivity index is 1.67. The number of benzene rings is 2. The normalized spacial score (nSPS) is 13.9. The van der Waals surface area contributed by atoms with Crippen LogP contribution in [0.3, 0.4) is 0 Å². The minimum atomic E-state index is -0.600. The third kappa shape index (κ3) is 4.25. The topological polar surface area (TPSA) is 63.7 Å². The minimum absolute atomic E-state index is 0.00318. The molecule has 0 spiro atoms. The van der Waals surface area contributed by atoms with Crippen LogP contribution < -0.4 is 4.90 Å². The van der Waals surface area contributed by atoms with Gasteiger partial charge in [-0.05, 0) is 30.0 Å². The zero-order chi connectivity index (χ0) is 19.4. The molecule has 0 unspecified atom stereocenters. The van der Waals surface area contributed by atoms with Crippen molar-refractivity contribution in [1.82, 2.24) is 0 Å². The minimum Gasteiger partial charge on any atom is -0.454 e. The van der Waals surface area contributed by atoms with Crippen LogP contribution in [0.5, 0.6) is 0 Å². The molecule has 0 N–H and O–H groups in total. The lowest BCUT2D eigenvalue weighted by molar-refractivity contribution is -0.117. The number of Topliss-reactive ketones (excluding diaryl/α,β-unsaturated/α-hetero) is 1. The number of amides is 1. The Bertz CT molecular complexity index is 855. The molecule has 1 fully saturated rings. The lowest BCUT2D eigenvalue weighted by Crippen LogP contribution is -2.26. The van der Waals surface area contributed by atoms with Gasteiger partial charge in [-0.25, -0.2) is 4.79 Å². The molecule has 0 saturated carbocycles. The van der Waals surface area contributed by atoms with Gasteiger partial charge in [0.1, 0.15) is 0 Å². The monoisotopic (exact) mass is 365 g/mol. The lowest BCUT2D eigenvalue weighted by Gasteiger charge is -2.18. The predicted octanol–water partition coefficient (Wildman–Crippen LogP) is 3.98. The number of nitrogens with zero attached hydrogens (tertiary/aromatic N) is 1. The van der Waals surface area contributed by atoms with E-state index in [1.54, 1.807) is 41.3 Å². The molecule has 0 atom stereocenters. The Morgan fingerprint density at radius 2 is 1.78 bits per heavy atom. The lowest BCUT2D eigenvalue weighted by atomic mass is 10.0. The largest absolute Gasteiger partial charge is 0.454 e. The van der Waals surface area contributed by atoms with E-state index in [1.165, 1.54) is 0 Å². The molecule has 3 rings (SSSR count).